The summed E-state index contributed by atoms with van der Waals surface area (Å²) in [5, 5.41) is 11.9. The smallest absolute Gasteiger partial charge is 0.306 e. The van der Waals surface area contributed by atoms with Crippen molar-refractivity contribution < 1.29 is 19.5 Å². The maximum Gasteiger partial charge on any atom is 0.306 e. The standard InChI is InChI=1S/C19H26N2O4/c1-12(2)16(20-17(22)15-6-4-5-13(3)11-15)18(23)21-9-7-14(8-10-21)19(24)25/h4-6,11-12,14,16H,7-10H2,1-3H3,(H,20,22)(H,24,25). The molecule has 0 saturated carbocycles. The van der Waals surface area contributed by atoms with Crippen molar-refractivity contribution in [1.29, 1.82) is 0 Å². The fourth-order valence-electron chi connectivity index (χ4n) is 3.07. The molecular formula is C19H26N2O4. The van der Waals surface area contributed by atoms with Gasteiger partial charge in [-0.2, -0.15) is 0 Å². The Morgan fingerprint density at radius 1 is 1.20 bits per heavy atom. The molecule has 1 aliphatic rings. The summed E-state index contributed by atoms with van der Waals surface area (Å²) in [5.41, 5.74) is 1.51. The first kappa shape index (κ1) is 19.0. The number of carbonyl (C=O) groups is 3. The number of hydrogen-bond donors (Lipinski definition) is 2. The van der Waals surface area contributed by atoms with E-state index in [1.54, 1.807) is 17.0 Å². The summed E-state index contributed by atoms with van der Waals surface area (Å²) < 4.78 is 0. The summed E-state index contributed by atoms with van der Waals surface area (Å²) in [6.07, 6.45) is 0.912. The fraction of sp³-hybridized carbons (Fsp3) is 0.526. The number of nitrogens with one attached hydrogen (secondary N) is 1. The maximum atomic E-state index is 12.8. The number of nitrogens with zero attached hydrogens (tertiary/aromatic N) is 1. The summed E-state index contributed by atoms with van der Waals surface area (Å²) in [7, 11) is 0. The topological polar surface area (TPSA) is 86.7 Å². The number of carboxylic acids is 1. The Hall–Kier alpha value is -2.37. The number of hydrogen-bond acceptors (Lipinski definition) is 3. The molecule has 1 saturated heterocycles. The van der Waals surface area contributed by atoms with Gasteiger partial charge in [-0.25, -0.2) is 0 Å². The van der Waals surface area contributed by atoms with E-state index in [1.807, 2.05) is 32.9 Å². The molecule has 2 amide bonds. The van der Waals surface area contributed by atoms with Gasteiger partial charge in [-0.1, -0.05) is 31.5 Å². The third-order valence-electron chi connectivity index (χ3n) is 4.66. The van der Waals surface area contributed by atoms with Gasteiger partial charge in [0.05, 0.1) is 5.92 Å². The molecule has 6 heteroatoms. The van der Waals surface area contributed by atoms with Gasteiger partial charge in [0.25, 0.3) is 5.91 Å². The van der Waals surface area contributed by atoms with E-state index < -0.39 is 12.0 Å². The van der Waals surface area contributed by atoms with Gasteiger partial charge < -0.3 is 15.3 Å². The Morgan fingerprint density at radius 3 is 2.36 bits per heavy atom. The molecular weight excluding hydrogens is 320 g/mol. The molecule has 0 spiro atoms. The largest absolute Gasteiger partial charge is 0.481 e. The lowest BCUT2D eigenvalue weighted by Crippen LogP contribution is -2.53. The van der Waals surface area contributed by atoms with E-state index in [9.17, 15) is 14.4 Å². The van der Waals surface area contributed by atoms with E-state index in [4.69, 9.17) is 5.11 Å². The molecule has 1 aromatic carbocycles. The van der Waals surface area contributed by atoms with E-state index in [1.165, 1.54) is 0 Å². The SMILES string of the molecule is Cc1cccc(C(=O)NC(C(=O)N2CCC(C(=O)O)CC2)C(C)C)c1. The zero-order valence-electron chi connectivity index (χ0n) is 15.0. The molecule has 0 aliphatic carbocycles. The van der Waals surface area contributed by atoms with Crippen molar-refractivity contribution >= 4 is 17.8 Å². The minimum atomic E-state index is -0.805. The minimum absolute atomic E-state index is 0.0570. The van der Waals surface area contributed by atoms with Crippen LogP contribution in [0.1, 0.15) is 42.6 Å². The Kier molecular flexibility index (Phi) is 6.17. The van der Waals surface area contributed by atoms with Gasteiger partial charge in [-0.3, -0.25) is 14.4 Å². The number of likely N-dealkylation sites (tertiary alicyclic amines) is 1. The van der Waals surface area contributed by atoms with Crippen LogP contribution in [0.3, 0.4) is 0 Å². The van der Waals surface area contributed by atoms with E-state index >= 15 is 0 Å². The highest BCUT2D eigenvalue weighted by Gasteiger charge is 2.33. The van der Waals surface area contributed by atoms with Gasteiger partial charge >= 0.3 is 5.97 Å². The van der Waals surface area contributed by atoms with E-state index in [0.717, 1.165) is 5.56 Å². The zero-order valence-corrected chi connectivity index (χ0v) is 15.0. The third-order valence-corrected chi connectivity index (χ3v) is 4.66. The first-order chi connectivity index (χ1) is 11.8. The van der Waals surface area contributed by atoms with Crippen LogP contribution in [-0.2, 0) is 9.59 Å². The molecule has 1 fully saturated rings. The van der Waals surface area contributed by atoms with Crippen LogP contribution in [0.25, 0.3) is 0 Å². The monoisotopic (exact) mass is 346 g/mol. The summed E-state index contributed by atoms with van der Waals surface area (Å²) in [4.78, 5) is 38.0. The second kappa shape index (κ2) is 8.14. The number of rotatable bonds is 5. The Bertz CT molecular complexity index is 649. The summed E-state index contributed by atoms with van der Waals surface area (Å²) in [6.45, 7) is 6.53. The van der Waals surface area contributed by atoms with Crippen LogP contribution in [-0.4, -0.2) is 46.9 Å². The number of benzene rings is 1. The quantitative estimate of drug-likeness (QED) is 0.854. The minimum Gasteiger partial charge on any atom is -0.481 e. The molecule has 1 aromatic rings. The summed E-state index contributed by atoms with van der Waals surface area (Å²) in [6, 6.07) is 6.62. The molecule has 6 nitrogen and oxygen atoms in total. The van der Waals surface area contributed by atoms with Crippen molar-refractivity contribution in [2.24, 2.45) is 11.8 Å². The Balaban J connectivity index is 2.04. The van der Waals surface area contributed by atoms with Gasteiger partial charge in [0.15, 0.2) is 0 Å². The fourth-order valence-corrected chi connectivity index (χ4v) is 3.07. The van der Waals surface area contributed by atoms with Crippen LogP contribution in [0, 0.1) is 18.8 Å². The lowest BCUT2D eigenvalue weighted by atomic mass is 9.95. The van der Waals surface area contributed by atoms with Crippen LogP contribution in [0.2, 0.25) is 0 Å². The van der Waals surface area contributed by atoms with Crippen molar-refractivity contribution in [2.75, 3.05) is 13.1 Å². The lowest BCUT2D eigenvalue weighted by molar-refractivity contribution is -0.146. The second-order valence-corrected chi connectivity index (χ2v) is 7.00. The Labute approximate surface area is 148 Å². The predicted molar refractivity (Wildman–Crippen MR) is 94.2 cm³/mol. The van der Waals surface area contributed by atoms with Gasteiger partial charge in [-0.05, 0) is 37.8 Å². The molecule has 1 unspecified atom stereocenters. The highest BCUT2D eigenvalue weighted by Crippen LogP contribution is 2.19. The van der Waals surface area contributed by atoms with Crippen LogP contribution >= 0.6 is 0 Å². The van der Waals surface area contributed by atoms with Crippen LogP contribution in [0.5, 0.6) is 0 Å². The molecule has 1 atom stereocenters. The van der Waals surface area contributed by atoms with E-state index in [-0.39, 0.29) is 23.7 Å². The van der Waals surface area contributed by atoms with Gasteiger partial charge in [-0.15, -0.1) is 0 Å². The number of piperidine rings is 1. The van der Waals surface area contributed by atoms with Crippen molar-refractivity contribution in [3.63, 3.8) is 0 Å². The highest BCUT2D eigenvalue weighted by atomic mass is 16.4. The molecule has 136 valence electrons. The van der Waals surface area contributed by atoms with Crippen LogP contribution in [0.15, 0.2) is 24.3 Å². The molecule has 25 heavy (non-hydrogen) atoms. The molecule has 0 aromatic heterocycles. The zero-order chi connectivity index (χ0) is 18.6. The van der Waals surface area contributed by atoms with Gasteiger partial charge in [0, 0.05) is 18.7 Å². The van der Waals surface area contributed by atoms with Crippen molar-refractivity contribution in [1.82, 2.24) is 10.2 Å². The predicted octanol–water partition coefficient (Wildman–Crippen LogP) is 2.07. The molecule has 1 heterocycles. The van der Waals surface area contributed by atoms with Gasteiger partial charge in [0.2, 0.25) is 5.91 Å². The average molecular weight is 346 g/mol. The second-order valence-electron chi connectivity index (χ2n) is 7.00. The third kappa shape index (κ3) is 4.81. The Morgan fingerprint density at radius 2 is 1.84 bits per heavy atom. The lowest BCUT2D eigenvalue weighted by Gasteiger charge is -2.34. The van der Waals surface area contributed by atoms with Gasteiger partial charge in [0.1, 0.15) is 6.04 Å². The molecule has 2 rings (SSSR count). The number of aliphatic carboxylic acids is 1. The van der Waals surface area contributed by atoms with Crippen molar-refractivity contribution in [3.05, 3.63) is 35.4 Å². The molecule has 1 aliphatic heterocycles. The first-order valence-electron chi connectivity index (χ1n) is 8.68. The average Bonchev–Trinajstić information content (AvgIpc) is 2.58. The number of amides is 2. The molecule has 0 bridgehead atoms. The molecule has 0 radical (unpaired) electrons. The normalized spacial score (nSPS) is 16.6. The number of carboxylic acid groups (broad SMARTS) is 1. The van der Waals surface area contributed by atoms with Crippen molar-refractivity contribution in [3.8, 4) is 0 Å². The van der Waals surface area contributed by atoms with Crippen molar-refractivity contribution in [2.45, 2.75) is 39.7 Å². The molecule has 2 N–H and O–H groups in total. The summed E-state index contributed by atoms with van der Waals surface area (Å²) in [5.74, 6) is -1.65. The first-order valence-corrected chi connectivity index (χ1v) is 8.68. The highest BCUT2D eigenvalue weighted by molar-refractivity contribution is 5.97. The van der Waals surface area contributed by atoms with E-state index in [2.05, 4.69) is 5.32 Å². The number of carbonyl (C=O) groups excluding carboxylic acids is 2. The van der Waals surface area contributed by atoms with Crippen LogP contribution < -0.4 is 5.32 Å². The number of aryl methyl sites for hydroxylation is 1. The summed E-state index contributed by atoms with van der Waals surface area (Å²) >= 11 is 0. The van der Waals surface area contributed by atoms with Crippen LogP contribution in [0.4, 0.5) is 0 Å². The van der Waals surface area contributed by atoms with E-state index in [0.29, 0.717) is 31.5 Å². The maximum absolute atomic E-state index is 12.8.